The molecule has 0 aromatic carbocycles. The summed E-state index contributed by atoms with van der Waals surface area (Å²) < 4.78 is 0. The van der Waals surface area contributed by atoms with E-state index in [2.05, 4.69) is 45.2 Å². The zero-order chi connectivity index (χ0) is 17.7. The van der Waals surface area contributed by atoms with Gasteiger partial charge >= 0.3 is 5.97 Å². The van der Waals surface area contributed by atoms with Crippen LogP contribution in [0.4, 0.5) is 0 Å². The Balaban J connectivity index is 3.91. The number of nitrogens with one attached hydrogen (secondary N) is 1. The summed E-state index contributed by atoms with van der Waals surface area (Å²) in [4.78, 5) is 21.7. The Bertz CT molecular complexity index is 469. The van der Waals surface area contributed by atoms with Gasteiger partial charge in [0.15, 0.2) is 0 Å². The maximum absolute atomic E-state index is 11.4. The Hall–Kier alpha value is -1.84. The van der Waals surface area contributed by atoms with Gasteiger partial charge in [0.2, 0.25) is 5.91 Å². The summed E-state index contributed by atoms with van der Waals surface area (Å²) in [5.41, 5.74) is 4.01. The van der Waals surface area contributed by atoms with E-state index in [1.54, 1.807) is 0 Å². The highest BCUT2D eigenvalue weighted by molar-refractivity contribution is 5.80. The number of aliphatic carboxylic acids is 1. The molecule has 130 valence electrons. The van der Waals surface area contributed by atoms with Gasteiger partial charge in [-0.05, 0) is 53.4 Å². The fourth-order valence-electron chi connectivity index (χ4n) is 1.99. The molecule has 0 atom stereocenters. The van der Waals surface area contributed by atoms with E-state index in [1.807, 2.05) is 6.08 Å². The second kappa shape index (κ2) is 12.7. The third kappa shape index (κ3) is 14.8. The summed E-state index contributed by atoms with van der Waals surface area (Å²) in [7, 11) is 0. The predicted octanol–water partition coefficient (Wildman–Crippen LogP) is 4.39. The molecule has 1 amide bonds. The summed E-state index contributed by atoms with van der Waals surface area (Å²) in [5, 5.41) is 11.2. The number of allylic oxidation sites excluding steroid dienone is 5. The maximum atomic E-state index is 11.4. The van der Waals surface area contributed by atoms with Crippen molar-refractivity contribution in [3.05, 3.63) is 34.9 Å². The predicted molar refractivity (Wildman–Crippen MR) is 95.3 cm³/mol. The molecule has 4 heteroatoms. The van der Waals surface area contributed by atoms with Gasteiger partial charge in [0.25, 0.3) is 0 Å². The molecular formula is C19H31NO3. The van der Waals surface area contributed by atoms with Crippen molar-refractivity contribution in [1.29, 1.82) is 0 Å². The number of carboxylic acids is 1. The van der Waals surface area contributed by atoms with Crippen LogP contribution in [-0.4, -0.2) is 23.5 Å². The highest BCUT2D eigenvalue weighted by Gasteiger charge is 2.03. The van der Waals surface area contributed by atoms with Crippen LogP contribution in [0.2, 0.25) is 0 Å². The molecule has 0 aromatic rings. The highest BCUT2D eigenvalue weighted by Crippen LogP contribution is 2.11. The van der Waals surface area contributed by atoms with Gasteiger partial charge in [0.05, 0.1) is 6.42 Å². The van der Waals surface area contributed by atoms with Gasteiger partial charge in [0, 0.05) is 13.0 Å². The smallest absolute Gasteiger partial charge is 0.303 e. The van der Waals surface area contributed by atoms with Crippen molar-refractivity contribution in [2.75, 3.05) is 6.54 Å². The first-order valence-electron chi connectivity index (χ1n) is 8.24. The number of hydrogen-bond donors (Lipinski definition) is 2. The van der Waals surface area contributed by atoms with Crippen LogP contribution in [0.15, 0.2) is 34.9 Å². The molecule has 0 heterocycles. The Morgan fingerprint density at radius 2 is 1.39 bits per heavy atom. The van der Waals surface area contributed by atoms with Gasteiger partial charge < -0.3 is 10.4 Å². The van der Waals surface area contributed by atoms with E-state index in [1.165, 1.54) is 16.7 Å². The van der Waals surface area contributed by atoms with Gasteiger partial charge in [-0.25, -0.2) is 0 Å². The van der Waals surface area contributed by atoms with Gasteiger partial charge in [-0.3, -0.25) is 9.59 Å². The summed E-state index contributed by atoms with van der Waals surface area (Å²) in [6.07, 6.45) is 10.6. The van der Waals surface area contributed by atoms with Gasteiger partial charge in [-0.2, -0.15) is 0 Å². The van der Waals surface area contributed by atoms with Crippen LogP contribution in [0, 0.1) is 0 Å². The third-order valence-electron chi connectivity index (χ3n) is 3.44. The Morgan fingerprint density at radius 1 is 0.826 bits per heavy atom. The lowest BCUT2D eigenvalue weighted by molar-refractivity contribution is -0.138. The number of amides is 1. The minimum Gasteiger partial charge on any atom is -0.481 e. The molecule has 0 aliphatic carbocycles. The average Bonchev–Trinajstić information content (AvgIpc) is 2.44. The van der Waals surface area contributed by atoms with Crippen molar-refractivity contribution in [3.8, 4) is 0 Å². The molecule has 2 N–H and O–H groups in total. The van der Waals surface area contributed by atoms with Gasteiger partial charge in [-0.15, -0.1) is 0 Å². The number of carbonyl (C=O) groups is 2. The van der Waals surface area contributed by atoms with Crippen LogP contribution in [0.1, 0.15) is 66.2 Å². The number of carboxylic acid groups (broad SMARTS) is 1. The lowest BCUT2D eigenvalue weighted by Gasteiger charge is -2.03. The molecule has 0 saturated heterocycles. The Morgan fingerprint density at radius 3 is 1.96 bits per heavy atom. The third-order valence-corrected chi connectivity index (χ3v) is 3.44. The van der Waals surface area contributed by atoms with E-state index < -0.39 is 5.97 Å². The normalized spacial score (nSPS) is 12.0. The molecule has 0 unspecified atom stereocenters. The molecule has 0 aliphatic heterocycles. The van der Waals surface area contributed by atoms with Crippen molar-refractivity contribution < 1.29 is 14.7 Å². The first-order valence-corrected chi connectivity index (χ1v) is 8.24. The van der Waals surface area contributed by atoms with Crippen molar-refractivity contribution >= 4 is 11.9 Å². The topological polar surface area (TPSA) is 66.4 Å². The lowest BCUT2D eigenvalue weighted by atomic mass is 10.1. The molecule has 0 radical (unpaired) electrons. The maximum Gasteiger partial charge on any atom is 0.303 e. The Kier molecular flexibility index (Phi) is 11.7. The van der Waals surface area contributed by atoms with Crippen molar-refractivity contribution in [3.63, 3.8) is 0 Å². The van der Waals surface area contributed by atoms with Crippen LogP contribution in [0.25, 0.3) is 0 Å². The van der Waals surface area contributed by atoms with Crippen molar-refractivity contribution in [1.82, 2.24) is 5.32 Å². The van der Waals surface area contributed by atoms with Crippen LogP contribution in [-0.2, 0) is 9.59 Å². The summed E-state index contributed by atoms with van der Waals surface area (Å²) in [6.45, 7) is 8.92. The summed E-state index contributed by atoms with van der Waals surface area (Å²) >= 11 is 0. The van der Waals surface area contributed by atoms with E-state index in [0.29, 0.717) is 6.54 Å². The molecule has 0 spiro atoms. The fourth-order valence-corrected chi connectivity index (χ4v) is 1.99. The standard InChI is InChI=1S/C19H31NO3/c1-15(2)7-5-8-16(3)9-6-10-17(4)13-14-20-18(21)11-12-19(22)23/h7,9,13H,5-6,8,10-12,14H2,1-4H3,(H,20,21)(H,22,23)/b16-9+,17-13+. The van der Waals surface area contributed by atoms with E-state index in [4.69, 9.17) is 5.11 Å². The van der Waals surface area contributed by atoms with Crippen molar-refractivity contribution in [2.24, 2.45) is 0 Å². The van der Waals surface area contributed by atoms with Crippen LogP contribution in [0.3, 0.4) is 0 Å². The molecule has 0 fully saturated rings. The molecular weight excluding hydrogens is 290 g/mol. The van der Waals surface area contributed by atoms with Crippen molar-refractivity contribution in [2.45, 2.75) is 66.2 Å². The summed E-state index contributed by atoms with van der Waals surface area (Å²) in [6, 6.07) is 0. The number of hydrogen-bond acceptors (Lipinski definition) is 2. The van der Waals surface area contributed by atoms with E-state index >= 15 is 0 Å². The van der Waals surface area contributed by atoms with Gasteiger partial charge in [0.1, 0.15) is 0 Å². The average molecular weight is 321 g/mol. The largest absolute Gasteiger partial charge is 0.481 e. The molecule has 0 aliphatic rings. The SMILES string of the molecule is CC(C)=CCC/C(C)=C/CC/C(C)=C/CNC(=O)CCC(=O)O. The van der Waals surface area contributed by atoms with Crippen LogP contribution >= 0.6 is 0 Å². The summed E-state index contributed by atoms with van der Waals surface area (Å²) in [5.74, 6) is -1.16. The minimum absolute atomic E-state index is 0.0375. The molecule has 0 bridgehead atoms. The van der Waals surface area contributed by atoms with Crippen LogP contribution in [0.5, 0.6) is 0 Å². The second-order valence-corrected chi connectivity index (χ2v) is 6.16. The lowest BCUT2D eigenvalue weighted by Crippen LogP contribution is -2.23. The number of carbonyl (C=O) groups excluding carboxylic acids is 1. The van der Waals surface area contributed by atoms with E-state index in [-0.39, 0.29) is 18.7 Å². The molecule has 0 saturated carbocycles. The second-order valence-electron chi connectivity index (χ2n) is 6.16. The zero-order valence-corrected chi connectivity index (χ0v) is 14.9. The van der Waals surface area contributed by atoms with Crippen LogP contribution < -0.4 is 5.32 Å². The van der Waals surface area contributed by atoms with E-state index in [0.717, 1.165) is 25.7 Å². The minimum atomic E-state index is -0.946. The fraction of sp³-hybridized carbons (Fsp3) is 0.579. The quantitative estimate of drug-likeness (QED) is 0.555. The molecule has 0 rings (SSSR count). The monoisotopic (exact) mass is 321 g/mol. The Labute approximate surface area is 140 Å². The zero-order valence-electron chi connectivity index (χ0n) is 14.9. The molecule has 23 heavy (non-hydrogen) atoms. The first-order chi connectivity index (χ1) is 10.8. The highest BCUT2D eigenvalue weighted by atomic mass is 16.4. The molecule has 4 nitrogen and oxygen atoms in total. The molecule has 0 aromatic heterocycles. The van der Waals surface area contributed by atoms with Gasteiger partial charge in [-0.1, -0.05) is 34.9 Å². The number of rotatable bonds is 11. The van der Waals surface area contributed by atoms with E-state index in [9.17, 15) is 9.59 Å². The first kappa shape index (κ1) is 21.2.